The summed E-state index contributed by atoms with van der Waals surface area (Å²) in [7, 11) is 3.56. The standard InChI is InChI=1S/C11H21ClNO3.ClH/c1-8(2)11(15)16-7-10(6-9(3)14)13(4,5)12;/h9-10,14H,1,6-7H2,2-5H3;1H/q+1;/p-1. The lowest BCUT2D eigenvalue weighted by molar-refractivity contribution is -0.802. The van der Waals surface area contributed by atoms with Crippen molar-refractivity contribution in [2.45, 2.75) is 32.4 Å². The average Bonchev–Trinajstić information content (AvgIpc) is 2.08. The van der Waals surface area contributed by atoms with E-state index in [1.54, 1.807) is 27.9 Å². The van der Waals surface area contributed by atoms with E-state index in [1.165, 1.54) is 0 Å². The van der Waals surface area contributed by atoms with E-state index in [2.05, 4.69) is 6.58 Å². The van der Waals surface area contributed by atoms with Crippen LogP contribution in [0.5, 0.6) is 0 Å². The van der Waals surface area contributed by atoms with Gasteiger partial charge in [-0.05, 0) is 13.8 Å². The maximum Gasteiger partial charge on any atom is 0.333 e. The third-order valence-electron chi connectivity index (χ3n) is 2.24. The summed E-state index contributed by atoms with van der Waals surface area (Å²) in [6.45, 7) is 6.94. The zero-order valence-electron chi connectivity index (χ0n) is 10.7. The quantitative estimate of drug-likeness (QED) is 0.366. The van der Waals surface area contributed by atoms with Gasteiger partial charge in [-0.2, -0.15) is 0 Å². The highest BCUT2D eigenvalue weighted by atomic mass is 35.5. The fourth-order valence-electron chi connectivity index (χ4n) is 1.18. The van der Waals surface area contributed by atoms with Crippen LogP contribution in [0.25, 0.3) is 0 Å². The monoisotopic (exact) mass is 285 g/mol. The van der Waals surface area contributed by atoms with Gasteiger partial charge >= 0.3 is 5.97 Å². The van der Waals surface area contributed by atoms with E-state index >= 15 is 0 Å². The van der Waals surface area contributed by atoms with Crippen molar-refractivity contribution < 1.29 is 31.0 Å². The van der Waals surface area contributed by atoms with Gasteiger partial charge in [-0.15, -0.1) is 0 Å². The molecule has 0 aliphatic rings. The summed E-state index contributed by atoms with van der Waals surface area (Å²) in [6.07, 6.45) is -0.00958. The minimum Gasteiger partial charge on any atom is -1.00 e. The molecule has 0 spiro atoms. The van der Waals surface area contributed by atoms with E-state index in [9.17, 15) is 9.90 Å². The first-order valence-corrected chi connectivity index (χ1v) is 5.52. The van der Waals surface area contributed by atoms with Gasteiger partial charge in [-0.3, -0.25) is 0 Å². The van der Waals surface area contributed by atoms with Crippen LogP contribution in [-0.4, -0.2) is 47.9 Å². The highest BCUT2D eigenvalue weighted by molar-refractivity contribution is 6.06. The molecule has 0 aromatic carbocycles. The van der Waals surface area contributed by atoms with Crippen molar-refractivity contribution in [3.63, 3.8) is 0 Å². The number of nitrogens with zero attached hydrogens (tertiary/aromatic N) is 1. The van der Waals surface area contributed by atoms with E-state index in [0.29, 0.717) is 12.0 Å². The molecule has 2 unspecified atom stereocenters. The summed E-state index contributed by atoms with van der Waals surface area (Å²) in [5.41, 5.74) is 0.357. The van der Waals surface area contributed by atoms with Crippen LogP contribution in [0, 0.1) is 0 Å². The number of ether oxygens (including phenoxy) is 1. The zero-order chi connectivity index (χ0) is 12.9. The molecular weight excluding hydrogens is 265 g/mol. The normalized spacial score (nSPS) is 14.5. The van der Waals surface area contributed by atoms with Crippen molar-refractivity contribution in [2.75, 3.05) is 20.7 Å². The Hall–Kier alpha value is -0.290. The lowest BCUT2D eigenvalue weighted by Gasteiger charge is -2.29. The third kappa shape index (κ3) is 8.44. The molecule has 102 valence electrons. The van der Waals surface area contributed by atoms with E-state index in [-0.39, 0.29) is 29.1 Å². The molecule has 0 aliphatic heterocycles. The Morgan fingerprint density at radius 1 is 1.53 bits per heavy atom. The van der Waals surface area contributed by atoms with Gasteiger partial charge in [0.1, 0.15) is 12.6 Å². The Labute approximate surface area is 114 Å². The van der Waals surface area contributed by atoms with E-state index in [4.69, 9.17) is 16.5 Å². The molecule has 0 radical (unpaired) electrons. The second-order valence-electron chi connectivity index (χ2n) is 4.52. The van der Waals surface area contributed by atoms with Crippen molar-refractivity contribution in [3.05, 3.63) is 12.2 Å². The minimum atomic E-state index is -0.482. The molecule has 0 saturated carbocycles. The summed E-state index contributed by atoms with van der Waals surface area (Å²) in [6, 6.07) is -0.148. The number of aliphatic hydroxyl groups is 1. The van der Waals surface area contributed by atoms with Crippen LogP contribution in [-0.2, 0) is 9.53 Å². The molecule has 0 heterocycles. The number of hydrogen-bond donors (Lipinski definition) is 1. The van der Waals surface area contributed by atoms with Crippen LogP contribution in [0.15, 0.2) is 12.2 Å². The van der Waals surface area contributed by atoms with E-state index in [0.717, 1.165) is 0 Å². The molecule has 0 aromatic rings. The Balaban J connectivity index is 0. The molecule has 1 N–H and O–H groups in total. The van der Waals surface area contributed by atoms with Gasteiger partial charge in [-0.25, -0.2) is 8.80 Å². The zero-order valence-corrected chi connectivity index (χ0v) is 12.3. The molecule has 0 amide bonds. The van der Waals surface area contributed by atoms with Gasteiger partial charge in [0.2, 0.25) is 0 Å². The van der Waals surface area contributed by atoms with Crippen molar-refractivity contribution in [1.82, 2.24) is 0 Å². The number of carbonyl (C=O) groups excluding carboxylic acids is 1. The van der Waals surface area contributed by atoms with Crippen LogP contribution in [0.3, 0.4) is 0 Å². The molecule has 4 nitrogen and oxygen atoms in total. The van der Waals surface area contributed by atoms with Gasteiger partial charge < -0.3 is 22.3 Å². The van der Waals surface area contributed by atoms with Crippen molar-refractivity contribution in [2.24, 2.45) is 0 Å². The molecule has 0 aromatic heterocycles. The first kappa shape index (κ1) is 19.1. The van der Waals surface area contributed by atoms with Gasteiger partial charge in [0, 0.05) is 12.0 Å². The number of hydrogen-bond acceptors (Lipinski definition) is 3. The predicted octanol–water partition coefficient (Wildman–Crippen LogP) is -1.52. The largest absolute Gasteiger partial charge is 1.00 e. The van der Waals surface area contributed by atoms with Crippen molar-refractivity contribution in [1.29, 1.82) is 0 Å². The van der Waals surface area contributed by atoms with E-state index < -0.39 is 12.1 Å². The van der Waals surface area contributed by atoms with Gasteiger partial charge in [0.25, 0.3) is 0 Å². The molecular formula is C11H21Cl2NO3. The SMILES string of the molecule is C=C(C)C(=O)OCC(CC(C)O)[N+](C)(C)Cl.[Cl-]. The second-order valence-corrected chi connectivity index (χ2v) is 5.39. The fraction of sp³-hybridized carbons (Fsp3) is 0.727. The van der Waals surface area contributed by atoms with E-state index in [1.807, 2.05) is 0 Å². The smallest absolute Gasteiger partial charge is 0.333 e. The molecule has 0 aliphatic carbocycles. The molecule has 17 heavy (non-hydrogen) atoms. The summed E-state index contributed by atoms with van der Waals surface area (Å²) in [4.78, 5) is 11.2. The number of halogens is 2. The van der Waals surface area contributed by atoms with Crippen LogP contribution in [0.2, 0.25) is 0 Å². The van der Waals surface area contributed by atoms with Gasteiger partial charge in [0.15, 0.2) is 11.8 Å². The van der Waals surface area contributed by atoms with Crippen LogP contribution in [0.1, 0.15) is 20.3 Å². The lowest BCUT2D eigenvalue weighted by Crippen LogP contribution is -3.00. The number of rotatable bonds is 6. The first-order valence-electron chi connectivity index (χ1n) is 5.18. The summed E-state index contributed by atoms with van der Waals surface area (Å²) in [5, 5.41) is 9.33. The van der Waals surface area contributed by atoms with Crippen LogP contribution >= 0.6 is 11.8 Å². The first-order chi connectivity index (χ1) is 7.14. The second kappa shape index (κ2) is 7.93. The number of likely N-dealkylation sites (N-methyl/N-ethyl adjacent to an activating group) is 1. The topological polar surface area (TPSA) is 46.5 Å². The number of quaternary nitrogens is 1. The number of esters is 1. The summed E-state index contributed by atoms with van der Waals surface area (Å²) in [5.74, 6) is -0.430. The Bertz CT molecular complexity index is 262. The fourth-order valence-corrected chi connectivity index (χ4v) is 1.32. The van der Waals surface area contributed by atoms with Gasteiger partial charge in [-0.1, -0.05) is 6.58 Å². The van der Waals surface area contributed by atoms with Crippen LogP contribution in [0.4, 0.5) is 0 Å². The summed E-state index contributed by atoms with van der Waals surface area (Å²) >= 11 is 6.12. The van der Waals surface area contributed by atoms with Crippen molar-refractivity contribution in [3.8, 4) is 0 Å². The predicted molar refractivity (Wildman–Crippen MR) is 63.8 cm³/mol. The highest BCUT2D eigenvalue weighted by Gasteiger charge is 2.30. The van der Waals surface area contributed by atoms with Gasteiger partial charge in [0.05, 0.1) is 20.2 Å². The Morgan fingerprint density at radius 2 is 2.00 bits per heavy atom. The molecule has 0 fully saturated rings. The third-order valence-corrected chi connectivity index (χ3v) is 2.51. The molecule has 0 bridgehead atoms. The minimum absolute atomic E-state index is 0. The highest BCUT2D eigenvalue weighted by Crippen LogP contribution is 2.17. The number of carbonyl (C=O) groups is 1. The maximum atomic E-state index is 11.2. The maximum absolute atomic E-state index is 11.2. The molecule has 2 atom stereocenters. The molecule has 6 heteroatoms. The Morgan fingerprint density at radius 3 is 2.29 bits per heavy atom. The number of aliphatic hydroxyl groups excluding tert-OH is 1. The average molecular weight is 286 g/mol. The lowest BCUT2D eigenvalue weighted by atomic mass is 10.1. The van der Waals surface area contributed by atoms with Crippen LogP contribution < -0.4 is 12.4 Å². The molecule has 0 saturated heterocycles. The Kier molecular flexibility index (Phi) is 8.89. The molecule has 0 rings (SSSR count). The summed E-state index contributed by atoms with van der Waals surface area (Å²) < 4.78 is 5.16. The van der Waals surface area contributed by atoms with Crippen molar-refractivity contribution >= 4 is 17.7 Å².